The molecule has 0 saturated carbocycles. The summed E-state index contributed by atoms with van der Waals surface area (Å²) in [4.78, 5) is 8.54. The summed E-state index contributed by atoms with van der Waals surface area (Å²) in [6.07, 6.45) is 0. The van der Waals surface area contributed by atoms with E-state index in [4.69, 9.17) is 15.2 Å². The maximum absolute atomic E-state index is 5.47. The molecule has 0 aliphatic carbocycles. The van der Waals surface area contributed by atoms with Gasteiger partial charge in [0.2, 0.25) is 11.8 Å². The second kappa shape index (κ2) is 6.72. The van der Waals surface area contributed by atoms with Crippen molar-refractivity contribution in [3.8, 4) is 11.6 Å². The average Bonchev–Trinajstić information content (AvgIpc) is 2.45. The fourth-order valence-corrected chi connectivity index (χ4v) is 1.67. The van der Waals surface area contributed by atoms with Crippen molar-refractivity contribution in [3.05, 3.63) is 36.0 Å². The third-order valence-electron chi connectivity index (χ3n) is 2.52. The number of anilines is 2. The molecule has 0 bridgehead atoms. The number of methoxy groups -OCH3 is 1. The van der Waals surface area contributed by atoms with Crippen molar-refractivity contribution in [1.29, 1.82) is 0 Å². The second-order valence-electron chi connectivity index (χ2n) is 4.17. The van der Waals surface area contributed by atoms with E-state index in [0.29, 0.717) is 25.0 Å². The molecule has 0 aliphatic rings. The maximum Gasteiger partial charge on any atom is 0.230 e. The summed E-state index contributed by atoms with van der Waals surface area (Å²) in [5.41, 5.74) is 7.08. The average molecular weight is 274 g/mol. The van der Waals surface area contributed by atoms with Crippen LogP contribution in [0, 0.1) is 6.92 Å². The van der Waals surface area contributed by atoms with E-state index in [1.807, 2.05) is 31.2 Å². The Bertz CT molecular complexity index is 575. The van der Waals surface area contributed by atoms with Crippen molar-refractivity contribution >= 4 is 11.6 Å². The largest absolute Gasteiger partial charge is 0.492 e. The molecule has 2 rings (SSSR count). The molecule has 2 aromatic rings. The van der Waals surface area contributed by atoms with Crippen LogP contribution in [0.5, 0.6) is 11.6 Å². The molecule has 3 N–H and O–H groups in total. The zero-order valence-corrected chi connectivity index (χ0v) is 11.6. The highest BCUT2D eigenvalue weighted by Crippen LogP contribution is 2.21. The number of nitrogens with two attached hydrogens (primary N) is 1. The number of benzene rings is 1. The topological polar surface area (TPSA) is 82.3 Å². The third-order valence-corrected chi connectivity index (χ3v) is 2.52. The Morgan fingerprint density at radius 1 is 1.25 bits per heavy atom. The molecular formula is C14H18N4O2. The van der Waals surface area contributed by atoms with Gasteiger partial charge in [-0.05, 0) is 19.1 Å². The first-order valence-electron chi connectivity index (χ1n) is 6.31. The first-order valence-corrected chi connectivity index (χ1v) is 6.31. The van der Waals surface area contributed by atoms with E-state index in [-0.39, 0.29) is 0 Å². The molecule has 0 saturated heterocycles. The van der Waals surface area contributed by atoms with E-state index < -0.39 is 0 Å². The van der Waals surface area contributed by atoms with Crippen LogP contribution < -0.4 is 20.5 Å². The van der Waals surface area contributed by atoms with Crippen molar-refractivity contribution in [2.75, 3.05) is 25.6 Å². The van der Waals surface area contributed by atoms with E-state index in [9.17, 15) is 0 Å². The van der Waals surface area contributed by atoms with Crippen LogP contribution in [0.25, 0.3) is 0 Å². The summed E-state index contributed by atoms with van der Waals surface area (Å²) in [6, 6.07) is 9.31. The Hall–Kier alpha value is -2.34. The van der Waals surface area contributed by atoms with Crippen LogP contribution in [0.2, 0.25) is 0 Å². The standard InChI is InChI=1S/C14H18N4O2/c1-10-8-13(19-2)18-14(16-10)17-11-4-3-5-12(9-11)20-7-6-15/h3-5,8-9H,6-7,15H2,1-2H3,(H,16,17,18). The minimum absolute atomic E-state index is 0.482. The van der Waals surface area contributed by atoms with Gasteiger partial charge in [0, 0.05) is 30.1 Å². The molecule has 0 fully saturated rings. The van der Waals surface area contributed by atoms with Gasteiger partial charge in [0.25, 0.3) is 0 Å². The molecule has 0 atom stereocenters. The van der Waals surface area contributed by atoms with Gasteiger partial charge in [-0.2, -0.15) is 4.98 Å². The highest BCUT2D eigenvalue weighted by molar-refractivity contribution is 5.56. The van der Waals surface area contributed by atoms with Gasteiger partial charge >= 0.3 is 0 Å². The molecule has 0 radical (unpaired) electrons. The van der Waals surface area contributed by atoms with E-state index in [1.165, 1.54) is 0 Å². The maximum atomic E-state index is 5.47. The molecule has 0 amide bonds. The minimum Gasteiger partial charge on any atom is -0.492 e. The highest BCUT2D eigenvalue weighted by atomic mass is 16.5. The Morgan fingerprint density at radius 2 is 2.10 bits per heavy atom. The predicted octanol–water partition coefficient (Wildman–Crippen LogP) is 1.87. The molecule has 6 nitrogen and oxygen atoms in total. The monoisotopic (exact) mass is 274 g/mol. The number of nitrogens with zero attached hydrogens (tertiary/aromatic N) is 2. The third kappa shape index (κ3) is 3.83. The highest BCUT2D eigenvalue weighted by Gasteiger charge is 2.03. The van der Waals surface area contributed by atoms with Gasteiger partial charge in [-0.15, -0.1) is 0 Å². The Balaban J connectivity index is 2.15. The molecule has 6 heteroatoms. The molecule has 106 valence electrons. The lowest BCUT2D eigenvalue weighted by Gasteiger charge is -2.09. The van der Waals surface area contributed by atoms with Gasteiger partial charge in [0.05, 0.1) is 7.11 Å². The number of hydrogen-bond donors (Lipinski definition) is 2. The molecular weight excluding hydrogens is 256 g/mol. The van der Waals surface area contributed by atoms with Crippen LogP contribution >= 0.6 is 0 Å². The zero-order chi connectivity index (χ0) is 14.4. The van der Waals surface area contributed by atoms with Gasteiger partial charge in [-0.3, -0.25) is 0 Å². The normalized spacial score (nSPS) is 10.2. The SMILES string of the molecule is COc1cc(C)nc(Nc2cccc(OCCN)c2)n1. The fraction of sp³-hybridized carbons (Fsp3) is 0.286. The van der Waals surface area contributed by atoms with E-state index in [1.54, 1.807) is 13.2 Å². The van der Waals surface area contributed by atoms with Gasteiger partial charge < -0.3 is 20.5 Å². The van der Waals surface area contributed by atoms with Crippen molar-refractivity contribution in [3.63, 3.8) is 0 Å². The first-order chi connectivity index (χ1) is 9.71. The lowest BCUT2D eigenvalue weighted by molar-refractivity contribution is 0.328. The van der Waals surface area contributed by atoms with E-state index >= 15 is 0 Å². The molecule has 1 aromatic heterocycles. The van der Waals surface area contributed by atoms with Gasteiger partial charge in [-0.1, -0.05) is 6.07 Å². The molecule has 20 heavy (non-hydrogen) atoms. The van der Waals surface area contributed by atoms with Gasteiger partial charge in [0.1, 0.15) is 12.4 Å². The van der Waals surface area contributed by atoms with Gasteiger partial charge in [-0.25, -0.2) is 4.98 Å². The van der Waals surface area contributed by atoms with E-state index in [2.05, 4.69) is 15.3 Å². The van der Waals surface area contributed by atoms with Crippen molar-refractivity contribution in [1.82, 2.24) is 9.97 Å². The number of aromatic nitrogens is 2. The summed E-state index contributed by atoms with van der Waals surface area (Å²) in [5, 5.41) is 3.12. The smallest absolute Gasteiger partial charge is 0.230 e. The van der Waals surface area contributed by atoms with Crippen LogP contribution in [-0.2, 0) is 0 Å². The summed E-state index contributed by atoms with van der Waals surface area (Å²) in [5.74, 6) is 1.76. The summed E-state index contributed by atoms with van der Waals surface area (Å²) < 4.78 is 10.6. The fourth-order valence-electron chi connectivity index (χ4n) is 1.67. The molecule has 0 unspecified atom stereocenters. The van der Waals surface area contributed by atoms with E-state index in [0.717, 1.165) is 17.1 Å². The number of hydrogen-bond acceptors (Lipinski definition) is 6. The van der Waals surface area contributed by atoms with Crippen LogP contribution in [-0.4, -0.2) is 30.2 Å². The summed E-state index contributed by atoms with van der Waals surface area (Å²) in [6.45, 7) is 2.85. The lowest BCUT2D eigenvalue weighted by atomic mass is 10.3. The van der Waals surface area contributed by atoms with Crippen LogP contribution in [0.15, 0.2) is 30.3 Å². The Labute approximate surface area is 118 Å². The number of nitrogens with one attached hydrogen (secondary N) is 1. The van der Waals surface area contributed by atoms with Crippen molar-refractivity contribution in [2.24, 2.45) is 5.73 Å². The lowest BCUT2D eigenvalue weighted by Crippen LogP contribution is -2.10. The zero-order valence-electron chi connectivity index (χ0n) is 11.6. The summed E-state index contributed by atoms with van der Waals surface area (Å²) >= 11 is 0. The van der Waals surface area contributed by atoms with Crippen LogP contribution in [0.3, 0.4) is 0 Å². The number of aryl methyl sites for hydroxylation is 1. The molecule has 1 heterocycles. The van der Waals surface area contributed by atoms with Crippen molar-refractivity contribution in [2.45, 2.75) is 6.92 Å². The minimum atomic E-state index is 0.482. The Kier molecular flexibility index (Phi) is 4.73. The summed E-state index contributed by atoms with van der Waals surface area (Å²) in [7, 11) is 1.58. The second-order valence-corrected chi connectivity index (χ2v) is 4.17. The number of ether oxygens (including phenoxy) is 2. The first kappa shape index (κ1) is 14.1. The van der Waals surface area contributed by atoms with Crippen LogP contribution in [0.1, 0.15) is 5.69 Å². The molecule has 0 spiro atoms. The van der Waals surface area contributed by atoms with Crippen LogP contribution in [0.4, 0.5) is 11.6 Å². The number of rotatable bonds is 6. The molecule has 0 aliphatic heterocycles. The quantitative estimate of drug-likeness (QED) is 0.837. The predicted molar refractivity (Wildman–Crippen MR) is 77.6 cm³/mol. The molecule has 1 aromatic carbocycles. The van der Waals surface area contributed by atoms with Crippen molar-refractivity contribution < 1.29 is 9.47 Å². The Morgan fingerprint density at radius 3 is 2.85 bits per heavy atom. The van der Waals surface area contributed by atoms with Gasteiger partial charge in [0.15, 0.2) is 0 Å².